The van der Waals surface area contributed by atoms with Crippen LogP contribution in [0.25, 0.3) is 0 Å². The predicted molar refractivity (Wildman–Crippen MR) is 55.2 cm³/mol. The average Bonchev–Trinajstić information content (AvgIpc) is 2.20. The third-order valence-electron chi connectivity index (χ3n) is 3.24. The second-order valence-electron chi connectivity index (χ2n) is 4.31. The molecule has 80 valence electrons. The number of hydrogen-bond donors (Lipinski definition) is 1. The molecule has 0 spiro atoms. The molecular weight excluding hydrogens is 178 g/mol. The molecule has 0 radical (unpaired) electrons. The number of amides is 2. The first kappa shape index (κ1) is 9.77. The van der Waals surface area contributed by atoms with Crippen LogP contribution in [0.3, 0.4) is 0 Å². The molecule has 2 aliphatic rings. The van der Waals surface area contributed by atoms with Gasteiger partial charge in [0, 0.05) is 19.1 Å². The minimum Gasteiger partial charge on any atom is -0.338 e. The normalized spacial score (nSPS) is 26.4. The molecule has 2 rings (SSSR count). The summed E-state index contributed by atoms with van der Waals surface area (Å²) in [7, 11) is 2.15. The van der Waals surface area contributed by atoms with Crippen LogP contribution in [0.1, 0.15) is 19.3 Å². The van der Waals surface area contributed by atoms with Gasteiger partial charge in [-0.3, -0.25) is 0 Å². The summed E-state index contributed by atoms with van der Waals surface area (Å²) in [5, 5.41) is 2.91. The average molecular weight is 197 g/mol. The summed E-state index contributed by atoms with van der Waals surface area (Å²) in [6.45, 7) is 4.03. The molecular formula is C10H19N3O. The van der Waals surface area contributed by atoms with Crippen LogP contribution in [0.4, 0.5) is 4.79 Å². The number of nitrogens with zero attached hydrogens (tertiary/aromatic N) is 2. The van der Waals surface area contributed by atoms with Gasteiger partial charge >= 0.3 is 6.03 Å². The first-order valence-corrected chi connectivity index (χ1v) is 5.50. The van der Waals surface area contributed by atoms with E-state index in [1.54, 1.807) is 0 Å². The van der Waals surface area contributed by atoms with Gasteiger partial charge in [-0.25, -0.2) is 4.79 Å². The van der Waals surface area contributed by atoms with Crippen molar-refractivity contribution in [1.29, 1.82) is 0 Å². The van der Waals surface area contributed by atoms with Crippen LogP contribution >= 0.6 is 0 Å². The summed E-state index contributed by atoms with van der Waals surface area (Å²) in [5.41, 5.74) is 0. The molecule has 14 heavy (non-hydrogen) atoms. The maximum Gasteiger partial charge on any atom is 0.317 e. The zero-order chi connectivity index (χ0) is 9.97. The van der Waals surface area contributed by atoms with Gasteiger partial charge in [-0.15, -0.1) is 0 Å². The number of likely N-dealkylation sites (tertiary alicyclic amines) is 1. The number of nitrogens with one attached hydrogen (secondary N) is 1. The van der Waals surface area contributed by atoms with E-state index in [1.165, 1.54) is 0 Å². The Kier molecular flexibility index (Phi) is 2.91. The molecule has 2 heterocycles. The second-order valence-corrected chi connectivity index (χ2v) is 4.31. The van der Waals surface area contributed by atoms with E-state index in [4.69, 9.17) is 0 Å². The van der Waals surface area contributed by atoms with Gasteiger partial charge in [0.1, 0.15) is 0 Å². The van der Waals surface area contributed by atoms with Crippen molar-refractivity contribution in [1.82, 2.24) is 15.1 Å². The molecule has 4 heteroatoms. The summed E-state index contributed by atoms with van der Waals surface area (Å²) in [6.07, 6.45) is 3.35. The fourth-order valence-corrected chi connectivity index (χ4v) is 2.30. The van der Waals surface area contributed by atoms with Crippen LogP contribution in [0.15, 0.2) is 0 Å². The maximum atomic E-state index is 11.6. The third-order valence-corrected chi connectivity index (χ3v) is 3.24. The van der Waals surface area contributed by atoms with Gasteiger partial charge in [-0.1, -0.05) is 0 Å². The first-order chi connectivity index (χ1) is 6.77. The number of hydrogen-bond acceptors (Lipinski definition) is 2. The molecule has 0 aromatic rings. The summed E-state index contributed by atoms with van der Waals surface area (Å²) in [5.74, 6) is 0. The van der Waals surface area contributed by atoms with Crippen LogP contribution < -0.4 is 5.32 Å². The zero-order valence-electron chi connectivity index (χ0n) is 8.83. The molecule has 0 aromatic heterocycles. The molecule has 0 bridgehead atoms. The van der Waals surface area contributed by atoms with Crippen molar-refractivity contribution < 1.29 is 4.79 Å². The molecule has 2 amide bonds. The highest BCUT2D eigenvalue weighted by atomic mass is 16.2. The third kappa shape index (κ3) is 2.00. The molecule has 4 nitrogen and oxygen atoms in total. The van der Waals surface area contributed by atoms with Gasteiger partial charge in [0.15, 0.2) is 0 Å². The fourth-order valence-electron chi connectivity index (χ4n) is 2.30. The number of piperidine rings is 1. The Morgan fingerprint density at radius 3 is 2.64 bits per heavy atom. The Balaban J connectivity index is 1.90. The van der Waals surface area contributed by atoms with E-state index >= 15 is 0 Å². The quantitative estimate of drug-likeness (QED) is 0.664. The van der Waals surface area contributed by atoms with E-state index in [0.29, 0.717) is 6.04 Å². The van der Waals surface area contributed by atoms with Crippen molar-refractivity contribution >= 4 is 6.03 Å². The Labute approximate surface area is 85.2 Å². The fraction of sp³-hybridized carbons (Fsp3) is 0.900. The monoisotopic (exact) mass is 197 g/mol. The lowest BCUT2D eigenvalue weighted by atomic mass is 10.0. The predicted octanol–water partition coefficient (Wildman–Crippen LogP) is 0.496. The van der Waals surface area contributed by atoms with Crippen LogP contribution in [-0.2, 0) is 0 Å². The van der Waals surface area contributed by atoms with Crippen molar-refractivity contribution in [3.63, 3.8) is 0 Å². The summed E-state index contributed by atoms with van der Waals surface area (Å²) < 4.78 is 0. The van der Waals surface area contributed by atoms with Gasteiger partial charge in [0.25, 0.3) is 0 Å². The van der Waals surface area contributed by atoms with E-state index in [0.717, 1.165) is 45.4 Å². The van der Waals surface area contributed by atoms with Crippen LogP contribution in [-0.4, -0.2) is 55.1 Å². The van der Waals surface area contributed by atoms with E-state index in [2.05, 4.69) is 17.3 Å². The molecule has 0 atom stereocenters. The van der Waals surface area contributed by atoms with Crippen LogP contribution in [0, 0.1) is 0 Å². The molecule has 0 unspecified atom stereocenters. The van der Waals surface area contributed by atoms with Gasteiger partial charge in [-0.2, -0.15) is 0 Å². The Morgan fingerprint density at radius 2 is 2.00 bits per heavy atom. The minimum absolute atomic E-state index is 0.144. The smallest absolute Gasteiger partial charge is 0.317 e. The number of carbonyl (C=O) groups excluding carboxylic acids is 1. The lowest BCUT2D eigenvalue weighted by molar-refractivity contribution is 0.121. The molecule has 2 saturated heterocycles. The topological polar surface area (TPSA) is 35.6 Å². The lowest BCUT2D eigenvalue weighted by Crippen LogP contribution is -2.53. The number of rotatable bonds is 1. The highest BCUT2D eigenvalue weighted by molar-refractivity contribution is 5.75. The minimum atomic E-state index is 0.144. The molecule has 2 aliphatic heterocycles. The van der Waals surface area contributed by atoms with Crippen molar-refractivity contribution in [2.24, 2.45) is 0 Å². The zero-order valence-corrected chi connectivity index (χ0v) is 8.83. The Bertz CT molecular complexity index is 211. The van der Waals surface area contributed by atoms with Gasteiger partial charge in [0.05, 0.1) is 0 Å². The second kappa shape index (κ2) is 4.17. The van der Waals surface area contributed by atoms with E-state index in [-0.39, 0.29) is 6.03 Å². The number of urea groups is 1. The van der Waals surface area contributed by atoms with Crippen molar-refractivity contribution in [2.45, 2.75) is 25.3 Å². The summed E-state index contributed by atoms with van der Waals surface area (Å²) >= 11 is 0. The largest absolute Gasteiger partial charge is 0.338 e. The van der Waals surface area contributed by atoms with Gasteiger partial charge in [0.2, 0.25) is 0 Å². The van der Waals surface area contributed by atoms with E-state index in [9.17, 15) is 4.79 Å². The lowest BCUT2D eigenvalue weighted by Gasteiger charge is -2.39. The van der Waals surface area contributed by atoms with Crippen LogP contribution in [0.2, 0.25) is 0 Å². The van der Waals surface area contributed by atoms with Crippen LogP contribution in [0.5, 0.6) is 0 Å². The molecule has 1 N–H and O–H groups in total. The molecule has 0 aliphatic carbocycles. The van der Waals surface area contributed by atoms with Crippen molar-refractivity contribution in [3.05, 3.63) is 0 Å². The Morgan fingerprint density at radius 1 is 1.29 bits per heavy atom. The highest BCUT2D eigenvalue weighted by Crippen LogP contribution is 2.17. The van der Waals surface area contributed by atoms with Crippen molar-refractivity contribution in [3.8, 4) is 0 Å². The Hall–Kier alpha value is -0.770. The maximum absolute atomic E-state index is 11.6. The molecule has 0 aromatic carbocycles. The number of carbonyl (C=O) groups is 1. The first-order valence-electron chi connectivity index (χ1n) is 5.50. The highest BCUT2D eigenvalue weighted by Gasteiger charge is 2.28. The van der Waals surface area contributed by atoms with E-state index in [1.807, 2.05) is 4.90 Å². The summed E-state index contributed by atoms with van der Waals surface area (Å²) in [6, 6.07) is 0.623. The van der Waals surface area contributed by atoms with Gasteiger partial charge in [-0.05, 0) is 39.4 Å². The standard InChI is InChI=1S/C10H19N3O/c1-12-7-3-9(4-8-12)13-6-2-5-11-10(13)14/h9H,2-8H2,1H3,(H,11,14). The SMILES string of the molecule is CN1CCC(N2CCCNC2=O)CC1. The molecule has 0 saturated carbocycles. The van der Waals surface area contributed by atoms with Gasteiger partial charge < -0.3 is 15.1 Å². The summed E-state index contributed by atoms with van der Waals surface area (Å²) in [4.78, 5) is 15.9. The molecule has 2 fully saturated rings. The van der Waals surface area contributed by atoms with Crippen molar-refractivity contribution in [2.75, 3.05) is 33.2 Å². The van der Waals surface area contributed by atoms with E-state index < -0.39 is 0 Å².